The summed E-state index contributed by atoms with van der Waals surface area (Å²) in [5.41, 5.74) is 2.98. The van der Waals surface area contributed by atoms with Gasteiger partial charge in [-0.3, -0.25) is 0 Å². The van der Waals surface area contributed by atoms with E-state index in [9.17, 15) is 9.18 Å². The third-order valence-corrected chi connectivity index (χ3v) is 3.36. The van der Waals surface area contributed by atoms with E-state index in [0.29, 0.717) is 17.1 Å². The van der Waals surface area contributed by atoms with Crippen molar-refractivity contribution in [1.29, 1.82) is 0 Å². The van der Waals surface area contributed by atoms with E-state index in [-0.39, 0.29) is 11.4 Å². The molecule has 25 heavy (non-hydrogen) atoms. The molecule has 0 saturated carbocycles. The van der Waals surface area contributed by atoms with Crippen molar-refractivity contribution in [3.05, 3.63) is 71.7 Å². The molecule has 0 amide bonds. The molecule has 1 heterocycles. The van der Waals surface area contributed by atoms with Crippen LogP contribution < -0.4 is 0 Å². The fourth-order valence-electron chi connectivity index (χ4n) is 2.26. The molecular formula is C20H19FN2O2. The summed E-state index contributed by atoms with van der Waals surface area (Å²) in [4.78, 5) is 19.9. The number of hydrogen-bond donors (Lipinski definition) is 1. The SMILES string of the molecule is CC.Cc1cc(-c2ccc(F)cc2)nc(-c2cccc(C(=O)O)c2)n1. The molecule has 0 aliphatic heterocycles. The number of aromatic carboxylic acids is 1. The summed E-state index contributed by atoms with van der Waals surface area (Å²) < 4.78 is 13.1. The number of nitrogens with zero attached hydrogens (tertiary/aromatic N) is 2. The van der Waals surface area contributed by atoms with Crippen LogP contribution in [0.4, 0.5) is 4.39 Å². The Morgan fingerprint density at radius 2 is 1.64 bits per heavy atom. The fourth-order valence-corrected chi connectivity index (χ4v) is 2.26. The Morgan fingerprint density at radius 3 is 2.28 bits per heavy atom. The number of benzene rings is 2. The summed E-state index contributed by atoms with van der Waals surface area (Å²) in [5, 5.41) is 9.09. The number of carbonyl (C=O) groups is 1. The molecule has 0 aliphatic carbocycles. The molecule has 0 radical (unpaired) electrons. The maximum atomic E-state index is 13.1. The van der Waals surface area contributed by atoms with Crippen LogP contribution in [-0.4, -0.2) is 21.0 Å². The molecule has 1 aromatic heterocycles. The summed E-state index contributed by atoms with van der Waals surface area (Å²) >= 11 is 0. The summed E-state index contributed by atoms with van der Waals surface area (Å²) in [7, 11) is 0. The summed E-state index contributed by atoms with van der Waals surface area (Å²) in [6, 6.07) is 14.3. The second kappa shape index (κ2) is 8.15. The Labute approximate surface area is 146 Å². The maximum absolute atomic E-state index is 13.1. The fraction of sp³-hybridized carbons (Fsp3) is 0.150. The first-order valence-corrected chi connectivity index (χ1v) is 7.98. The standard InChI is InChI=1S/C18H13FN2O2.C2H6/c1-11-9-16(12-5-7-15(19)8-6-12)21-17(20-11)13-3-2-4-14(10-13)18(22)23;1-2/h2-10H,1H3,(H,22,23);1-2H3. The molecule has 0 unspecified atom stereocenters. The molecule has 0 saturated heterocycles. The van der Waals surface area contributed by atoms with Gasteiger partial charge in [-0.15, -0.1) is 0 Å². The van der Waals surface area contributed by atoms with Gasteiger partial charge in [0.1, 0.15) is 5.82 Å². The first-order valence-electron chi connectivity index (χ1n) is 7.98. The van der Waals surface area contributed by atoms with Crippen LogP contribution in [0.1, 0.15) is 29.9 Å². The van der Waals surface area contributed by atoms with Gasteiger partial charge in [-0.1, -0.05) is 26.0 Å². The lowest BCUT2D eigenvalue weighted by Crippen LogP contribution is -1.99. The average Bonchev–Trinajstić information content (AvgIpc) is 2.63. The first kappa shape index (κ1) is 18.3. The molecule has 4 nitrogen and oxygen atoms in total. The predicted octanol–water partition coefficient (Wildman–Crippen LogP) is 4.98. The van der Waals surface area contributed by atoms with Gasteiger partial charge in [0.2, 0.25) is 0 Å². The van der Waals surface area contributed by atoms with Crippen molar-refractivity contribution in [3.8, 4) is 22.6 Å². The van der Waals surface area contributed by atoms with Crippen LogP contribution in [0.3, 0.4) is 0 Å². The zero-order valence-corrected chi connectivity index (χ0v) is 14.3. The van der Waals surface area contributed by atoms with Crippen LogP contribution in [0.15, 0.2) is 54.6 Å². The number of hydrogen-bond acceptors (Lipinski definition) is 3. The summed E-state index contributed by atoms with van der Waals surface area (Å²) in [6.07, 6.45) is 0. The van der Waals surface area contributed by atoms with E-state index in [1.165, 1.54) is 24.3 Å². The smallest absolute Gasteiger partial charge is 0.335 e. The van der Waals surface area contributed by atoms with Crippen molar-refractivity contribution in [1.82, 2.24) is 9.97 Å². The largest absolute Gasteiger partial charge is 0.478 e. The van der Waals surface area contributed by atoms with Crippen molar-refractivity contribution < 1.29 is 14.3 Å². The van der Waals surface area contributed by atoms with Gasteiger partial charge in [0.15, 0.2) is 5.82 Å². The van der Waals surface area contributed by atoms with Gasteiger partial charge in [-0.2, -0.15) is 0 Å². The number of aromatic nitrogens is 2. The van der Waals surface area contributed by atoms with Crippen molar-refractivity contribution in [2.75, 3.05) is 0 Å². The van der Waals surface area contributed by atoms with Gasteiger partial charge in [0.05, 0.1) is 11.3 Å². The Balaban J connectivity index is 0.00000109. The van der Waals surface area contributed by atoms with Crippen molar-refractivity contribution in [3.63, 3.8) is 0 Å². The van der Waals surface area contributed by atoms with Crippen LogP contribution in [0.5, 0.6) is 0 Å². The molecule has 0 fully saturated rings. The molecule has 1 N–H and O–H groups in total. The minimum absolute atomic E-state index is 0.177. The molecule has 0 bridgehead atoms. The van der Waals surface area contributed by atoms with E-state index in [1.807, 2.05) is 20.8 Å². The lowest BCUT2D eigenvalue weighted by Gasteiger charge is -2.07. The molecule has 0 atom stereocenters. The lowest BCUT2D eigenvalue weighted by atomic mass is 10.1. The average molecular weight is 338 g/mol. The quantitative estimate of drug-likeness (QED) is 0.731. The van der Waals surface area contributed by atoms with E-state index in [1.54, 1.807) is 30.3 Å². The van der Waals surface area contributed by atoms with Gasteiger partial charge < -0.3 is 5.11 Å². The highest BCUT2D eigenvalue weighted by Crippen LogP contribution is 2.23. The van der Waals surface area contributed by atoms with Crippen molar-refractivity contribution in [2.24, 2.45) is 0 Å². The molecule has 128 valence electrons. The Bertz CT molecular complexity index is 877. The van der Waals surface area contributed by atoms with Gasteiger partial charge in [0, 0.05) is 16.8 Å². The molecule has 3 rings (SSSR count). The van der Waals surface area contributed by atoms with Crippen LogP contribution in [0.25, 0.3) is 22.6 Å². The second-order valence-electron chi connectivity index (χ2n) is 5.11. The number of carboxylic acid groups (broad SMARTS) is 1. The zero-order valence-electron chi connectivity index (χ0n) is 14.3. The van der Waals surface area contributed by atoms with Crippen molar-refractivity contribution >= 4 is 5.97 Å². The monoisotopic (exact) mass is 338 g/mol. The zero-order chi connectivity index (χ0) is 18.4. The third kappa shape index (κ3) is 4.47. The van der Waals surface area contributed by atoms with Gasteiger partial charge >= 0.3 is 5.97 Å². The van der Waals surface area contributed by atoms with E-state index >= 15 is 0 Å². The normalized spacial score (nSPS) is 9.92. The van der Waals surface area contributed by atoms with E-state index in [4.69, 9.17) is 5.11 Å². The minimum Gasteiger partial charge on any atom is -0.478 e. The van der Waals surface area contributed by atoms with Gasteiger partial charge in [-0.05, 0) is 49.4 Å². The Kier molecular flexibility index (Phi) is 5.95. The van der Waals surface area contributed by atoms with E-state index in [0.717, 1.165) is 11.3 Å². The first-order chi connectivity index (χ1) is 12.0. The van der Waals surface area contributed by atoms with Crippen molar-refractivity contribution in [2.45, 2.75) is 20.8 Å². The molecule has 2 aromatic carbocycles. The number of aryl methyl sites for hydroxylation is 1. The highest BCUT2D eigenvalue weighted by Gasteiger charge is 2.10. The number of rotatable bonds is 3. The van der Waals surface area contributed by atoms with Crippen LogP contribution in [-0.2, 0) is 0 Å². The number of halogens is 1. The summed E-state index contributed by atoms with van der Waals surface area (Å²) in [6.45, 7) is 5.83. The lowest BCUT2D eigenvalue weighted by molar-refractivity contribution is 0.0697. The Hall–Kier alpha value is -3.08. The minimum atomic E-state index is -1.00. The maximum Gasteiger partial charge on any atom is 0.335 e. The van der Waals surface area contributed by atoms with Crippen LogP contribution in [0, 0.1) is 12.7 Å². The van der Waals surface area contributed by atoms with Crippen LogP contribution >= 0.6 is 0 Å². The van der Waals surface area contributed by atoms with Gasteiger partial charge in [-0.25, -0.2) is 19.2 Å². The third-order valence-electron chi connectivity index (χ3n) is 3.36. The highest BCUT2D eigenvalue weighted by molar-refractivity contribution is 5.89. The summed E-state index contributed by atoms with van der Waals surface area (Å²) in [5.74, 6) is -0.875. The second-order valence-corrected chi connectivity index (χ2v) is 5.11. The predicted molar refractivity (Wildman–Crippen MR) is 95.9 cm³/mol. The molecule has 0 aliphatic rings. The van der Waals surface area contributed by atoms with E-state index < -0.39 is 5.97 Å². The molecule has 5 heteroatoms. The topological polar surface area (TPSA) is 63.1 Å². The number of carboxylic acids is 1. The van der Waals surface area contributed by atoms with Crippen LogP contribution in [0.2, 0.25) is 0 Å². The molecule has 0 spiro atoms. The highest BCUT2D eigenvalue weighted by atomic mass is 19.1. The molecular weight excluding hydrogens is 319 g/mol. The molecule has 3 aromatic rings. The Morgan fingerprint density at radius 1 is 0.960 bits per heavy atom. The van der Waals surface area contributed by atoms with Gasteiger partial charge in [0.25, 0.3) is 0 Å². The van der Waals surface area contributed by atoms with E-state index in [2.05, 4.69) is 9.97 Å².